The van der Waals surface area contributed by atoms with Crippen LogP contribution in [0.5, 0.6) is 0 Å². The van der Waals surface area contributed by atoms with E-state index in [1.165, 1.54) is 11.2 Å². The summed E-state index contributed by atoms with van der Waals surface area (Å²) in [5, 5.41) is 10.0. The molecule has 0 bridgehead atoms. The van der Waals surface area contributed by atoms with E-state index in [0.717, 1.165) is 37.0 Å². The zero-order valence-electron chi connectivity index (χ0n) is 11.6. The highest BCUT2D eigenvalue weighted by molar-refractivity contribution is 7.91. The third kappa shape index (κ3) is 3.91. The van der Waals surface area contributed by atoms with E-state index in [-0.39, 0.29) is 21.4 Å². The fraction of sp³-hybridized carbons (Fsp3) is 0.727. The molecule has 1 aliphatic rings. The first-order valence-electron chi connectivity index (χ1n) is 6.64. The molecular weight excluding hydrogens is 336 g/mol. The molecule has 1 aliphatic heterocycles. The van der Waals surface area contributed by atoms with Crippen LogP contribution in [-0.2, 0) is 14.8 Å². The fourth-order valence-corrected chi connectivity index (χ4v) is 5.28. The van der Waals surface area contributed by atoms with Crippen LogP contribution >= 0.6 is 22.9 Å². The summed E-state index contributed by atoms with van der Waals surface area (Å²) in [6.45, 7) is 1.82. The van der Waals surface area contributed by atoms with Crippen LogP contribution in [0.3, 0.4) is 0 Å². The van der Waals surface area contributed by atoms with Crippen molar-refractivity contribution < 1.29 is 13.2 Å². The molecule has 2 rings (SSSR count). The van der Waals surface area contributed by atoms with Gasteiger partial charge < -0.3 is 5.32 Å². The number of nitrogens with one attached hydrogen (secondary N) is 1. The van der Waals surface area contributed by atoms with E-state index in [1.807, 2.05) is 0 Å². The standard InChI is InChI=1S/C11H17ClN4O3S2/c1-8(17)13-10-14-15-11(20-10)21(18,19)16-7-3-5-9(16)4-2-6-12/h9H,2-7H2,1H3,(H,13,14,17). The van der Waals surface area contributed by atoms with Crippen molar-refractivity contribution in [3.8, 4) is 0 Å². The van der Waals surface area contributed by atoms with Crippen molar-refractivity contribution in [3.63, 3.8) is 0 Å². The normalized spacial score (nSPS) is 19.8. The molecule has 0 radical (unpaired) electrons. The molecular formula is C11H17ClN4O3S2. The molecule has 1 aromatic rings. The van der Waals surface area contributed by atoms with Crippen molar-refractivity contribution in [3.05, 3.63) is 0 Å². The van der Waals surface area contributed by atoms with Crippen molar-refractivity contribution in [2.75, 3.05) is 17.7 Å². The number of halogens is 1. The second kappa shape index (κ2) is 6.99. The predicted octanol–water partition coefficient (Wildman–Crippen LogP) is 1.67. The van der Waals surface area contributed by atoms with E-state index < -0.39 is 10.0 Å². The van der Waals surface area contributed by atoms with Gasteiger partial charge in [0.25, 0.3) is 10.0 Å². The molecule has 0 aromatic carbocycles. The summed E-state index contributed by atoms with van der Waals surface area (Å²) in [5.74, 6) is 0.215. The van der Waals surface area contributed by atoms with Crippen molar-refractivity contribution >= 4 is 44.0 Å². The highest BCUT2D eigenvalue weighted by Crippen LogP contribution is 2.30. The Morgan fingerprint density at radius 3 is 2.95 bits per heavy atom. The van der Waals surface area contributed by atoms with Crippen LogP contribution in [0.25, 0.3) is 0 Å². The molecule has 2 heterocycles. The van der Waals surface area contributed by atoms with Crippen molar-refractivity contribution in [2.24, 2.45) is 0 Å². The molecule has 1 fully saturated rings. The molecule has 1 aromatic heterocycles. The number of hydrogen-bond acceptors (Lipinski definition) is 6. The number of sulfonamides is 1. The maximum Gasteiger partial charge on any atom is 0.272 e. The summed E-state index contributed by atoms with van der Waals surface area (Å²) in [5.41, 5.74) is 0. The Balaban J connectivity index is 2.16. The minimum Gasteiger partial charge on any atom is -0.301 e. The zero-order valence-corrected chi connectivity index (χ0v) is 14.0. The van der Waals surface area contributed by atoms with Gasteiger partial charge in [-0.1, -0.05) is 11.3 Å². The summed E-state index contributed by atoms with van der Waals surface area (Å²) in [6.07, 6.45) is 3.21. The predicted molar refractivity (Wildman–Crippen MR) is 81.1 cm³/mol. The average Bonchev–Trinajstić information content (AvgIpc) is 3.04. The van der Waals surface area contributed by atoms with Gasteiger partial charge in [0.1, 0.15) is 0 Å². The lowest BCUT2D eigenvalue weighted by molar-refractivity contribution is -0.114. The maximum atomic E-state index is 12.6. The zero-order chi connectivity index (χ0) is 15.5. The lowest BCUT2D eigenvalue weighted by Crippen LogP contribution is -2.35. The van der Waals surface area contributed by atoms with Gasteiger partial charge in [-0.3, -0.25) is 4.79 Å². The number of hydrogen-bond donors (Lipinski definition) is 1. The quantitative estimate of drug-likeness (QED) is 0.621. The maximum absolute atomic E-state index is 12.6. The minimum absolute atomic E-state index is 0.0260. The summed E-state index contributed by atoms with van der Waals surface area (Å²) < 4.78 is 26.6. The van der Waals surface area contributed by atoms with Crippen LogP contribution in [0.15, 0.2) is 4.34 Å². The number of aromatic nitrogens is 2. The molecule has 0 aliphatic carbocycles. The number of anilines is 1. The fourth-order valence-electron chi connectivity index (χ4n) is 2.34. The van der Waals surface area contributed by atoms with Gasteiger partial charge in [-0.2, -0.15) is 4.31 Å². The van der Waals surface area contributed by atoms with E-state index in [9.17, 15) is 13.2 Å². The lowest BCUT2D eigenvalue weighted by Gasteiger charge is -2.22. The van der Waals surface area contributed by atoms with E-state index in [4.69, 9.17) is 11.6 Å². The van der Waals surface area contributed by atoms with Crippen LogP contribution in [0.1, 0.15) is 32.6 Å². The van der Waals surface area contributed by atoms with Gasteiger partial charge in [-0.25, -0.2) is 8.42 Å². The summed E-state index contributed by atoms with van der Waals surface area (Å²) in [6, 6.07) is -0.0260. The van der Waals surface area contributed by atoms with Gasteiger partial charge in [0.05, 0.1) is 0 Å². The molecule has 0 spiro atoms. The van der Waals surface area contributed by atoms with Crippen molar-refractivity contribution in [1.29, 1.82) is 0 Å². The van der Waals surface area contributed by atoms with Crippen LogP contribution in [0, 0.1) is 0 Å². The SMILES string of the molecule is CC(=O)Nc1nnc(S(=O)(=O)N2CCCC2CCCCl)s1. The Kier molecular flexibility index (Phi) is 5.53. The molecule has 0 saturated carbocycles. The number of alkyl halides is 1. The number of carbonyl (C=O) groups is 1. The molecule has 1 atom stereocenters. The van der Waals surface area contributed by atoms with Crippen LogP contribution < -0.4 is 5.32 Å². The molecule has 1 N–H and O–H groups in total. The number of rotatable bonds is 6. The van der Waals surface area contributed by atoms with E-state index >= 15 is 0 Å². The van der Waals surface area contributed by atoms with Gasteiger partial charge in [-0.05, 0) is 25.7 Å². The van der Waals surface area contributed by atoms with Crippen LogP contribution in [-0.4, -0.2) is 47.3 Å². The van der Waals surface area contributed by atoms with Crippen molar-refractivity contribution in [2.45, 2.75) is 43.0 Å². The van der Waals surface area contributed by atoms with Gasteiger partial charge in [0.2, 0.25) is 15.4 Å². The third-order valence-corrected chi connectivity index (χ3v) is 6.62. The van der Waals surface area contributed by atoms with E-state index in [1.54, 1.807) is 0 Å². The van der Waals surface area contributed by atoms with Crippen LogP contribution in [0.4, 0.5) is 5.13 Å². The summed E-state index contributed by atoms with van der Waals surface area (Å²) in [7, 11) is -3.65. The Labute approximate surface area is 132 Å². The van der Waals surface area contributed by atoms with E-state index in [0.29, 0.717) is 12.4 Å². The first kappa shape index (κ1) is 16.6. The molecule has 10 heteroatoms. The largest absolute Gasteiger partial charge is 0.301 e. The van der Waals surface area contributed by atoms with Crippen LogP contribution in [0.2, 0.25) is 0 Å². The molecule has 1 saturated heterocycles. The van der Waals surface area contributed by atoms with E-state index in [2.05, 4.69) is 15.5 Å². The Morgan fingerprint density at radius 2 is 2.29 bits per heavy atom. The third-order valence-electron chi connectivity index (χ3n) is 3.21. The first-order valence-corrected chi connectivity index (χ1v) is 9.43. The van der Waals surface area contributed by atoms with Gasteiger partial charge in [0, 0.05) is 25.4 Å². The molecule has 21 heavy (non-hydrogen) atoms. The monoisotopic (exact) mass is 352 g/mol. The number of carbonyl (C=O) groups excluding carboxylic acids is 1. The molecule has 118 valence electrons. The second-order valence-electron chi connectivity index (χ2n) is 4.80. The first-order chi connectivity index (χ1) is 9.95. The number of amides is 1. The molecule has 1 unspecified atom stereocenters. The van der Waals surface area contributed by atoms with Gasteiger partial charge >= 0.3 is 0 Å². The number of nitrogens with zero attached hydrogens (tertiary/aromatic N) is 3. The smallest absolute Gasteiger partial charge is 0.272 e. The topological polar surface area (TPSA) is 92.3 Å². The van der Waals surface area contributed by atoms with Gasteiger partial charge in [0.15, 0.2) is 0 Å². The molecule has 1 amide bonds. The summed E-state index contributed by atoms with van der Waals surface area (Å²) in [4.78, 5) is 11.0. The second-order valence-corrected chi connectivity index (χ2v) is 8.22. The minimum atomic E-state index is -3.65. The Hall–Kier alpha value is -0.770. The van der Waals surface area contributed by atoms with Gasteiger partial charge in [-0.15, -0.1) is 21.8 Å². The van der Waals surface area contributed by atoms with Crippen molar-refractivity contribution in [1.82, 2.24) is 14.5 Å². The Bertz CT molecular complexity index is 604. The highest BCUT2D eigenvalue weighted by Gasteiger charge is 2.37. The molecule has 7 nitrogen and oxygen atoms in total. The average molecular weight is 353 g/mol. The highest BCUT2D eigenvalue weighted by atomic mass is 35.5. The lowest BCUT2D eigenvalue weighted by atomic mass is 10.1. The summed E-state index contributed by atoms with van der Waals surface area (Å²) >= 11 is 6.55. The Morgan fingerprint density at radius 1 is 1.52 bits per heavy atom.